The van der Waals surface area contributed by atoms with E-state index in [9.17, 15) is 14.4 Å². The number of halogens is 1. The van der Waals surface area contributed by atoms with Crippen molar-refractivity contribution in [3.63, 3.8) is 0 Å². The van der Waals surface area contributed by atoms with Crippen molar-refractivity contribution >= 4 is 51.2 Å². The van der Waals surface area contributed by atoms with E-state index in [0.717, 1.165) is 79.1 Å². The van der Waals surface area contributed by atoms with E-state index in [2.05, 4.69) is 50.5 Å². The number of anilines is 2. The highest BCUT2D eigenvalue weighted by Gasteiger charge is 2.27. The zero-order valence-corrected chi connectivity index (χ0v) is 29.6. The summed E-state index contributed by atoms with van der Waals surface area (Å²) in [5.74, 6) is 5.34. The topological polar surface area (TPSA) is 128 Å². The van der Waals surface area contributed by atoms with Gasteiger partial charge in [0.15, 0.2) is 5.82 Å². The molecular weight excluding hydrogens is 659 g/mol. The normalized spacial score (nSPS) is 16.4. The summed E-state index contributed by atoms with van der Waals surface area (Å²) in [5.41, 5.74) is 4.92. The van der Waals surface area contributed by atoms with Crippen LogP contribution in [0.1, 0.15) is 91.1 Å². The summed E-state index contributed by atoms with van der Waals surface area (Å²) in [5, 5.41) is 12.0. The fourth-order valence-corrected chi connectivity index (χ4v) is 7.22. The molecule has 7 rings (SSSR count). The Morgan fingerprint density at radius 2 is 1.90 bits per heavy atom. The van der Waals surface area contributed by atoms with Crippen LogP contribution in [0, 0.1) is 24.6 Å². The van der Waals surface area contributed by atoms with Crippen LogP contribution >= 0.6 is 0 Å². The molecule has 2 saturated heterocycles. The van der Waals surface area contributed by atoms with Crippen molar-refractivity contribution in [2.75, 3.05) is 30.4 Å². The third-order valence-electron chi connectivity index (χ3n) is 10.1. The second-order valence-electron chi connectivity index (χ2n) is 13.7. The van der Waals surface area contributed by atoms with Crippen molar-refractivity contribution in [2.24, 2.45) is 0 Å². The number of imide groups is 1. The first-order valence-corrected chi connectivity index (χ1v) is 18.1. The summed E-state index contributed by atoms with van der Waals surface area (Å²) < 4.78 is 17.1. The van der Waals surface area contributed by atoms with Gasteiger partial charge in [-0.2, -0.15) is 5.10 Å². The summed E-state index contributed by atoms with van der Waals surface area (Å²) >= 11 is 0. The second kappa shape index (κ2) is 15.4. The highest BCUT2D eigenvalue weighted by molar-refractivity contribution is 6.07. The number of carbonyl (C=O) groups excluding carboxylic acids is 3. The number of nitrogens with one attached hydrogen (secondary N) is 3. The van der Waals surface area contributed by atoms with Crippen molar-refractivity contribution in [1.29, 1.82) is 0 Å². The molecule has 11 nitrogen and oxygen atoms in total. The summed E-state index contributed by atoms with van der Waals surface area (Å²) in [7, 11) is 2.15. The SMILES string of the molecule is Cc1nn(CCCCCCCC#Cc2cccc(N3CCC(=O)NC3=O)c2F)c2cc(C(=O)Nc3cc4[nH]c([C@H]5CCCN5C)cc4cn3)ccc12. The minimum Gasteiger partial charge on any atom is -0.357 e. The van der Waals surface area contributed by atoms with Crippen LogP contribution < -0.4 is 15.5 Å². The molecule has 3 aromatic heterocycles. The average Bonchev–Trinajstić information content (AvgIpc) is 3.84. The predicted octanol–water partition coefficient (Wildman–Crippen LogP) is 7.22. The number of unbranched alkanes of at least 4 members (excludes halogenated alkanes) is 5. The highest BCUT2D eigenvalue weighted by atomic mass is 19.1. The molecule has 4 amide bonds. The lowest BCUT2D eigenvalue weighted by Gasteiger charge is -2.27. The van der Waals surface area contributed by atoms with Crippen LogP contribution in [0.15, 0.2) is 54.7 Å². The van der Waals surface area contributed by atoms with Crippen molar-refractivity contribution in [2.45, 2.75) is 77.3 Å². The maximum atomic E-state index is 15.1. The van der Waals surface area contributed by atoms with Gasteiger partial charge in [0.25, 0.3) is 5.91 Å². The van der Waals surface area contributed by atoms with Crippen molar-refractivity contribution in [3.05, 3.63) is 83.1 Å². The van der Waals surface area contributed by atoms with Gasteiger partial charge < -0.3 is 10.3 Å². The molecule has 5 aromatic rings. The number of benzene rings is 2. The fraction of sp³-hybridized carbons (Fsp3) is 0.375. The van der Waals surface area contributed by atoms with Crippen molar-refractivity contribution in [1.82, 2.24) is 30.0 Å². The van der Waals surface area contributed by atoms with Gasteiger partial charge >= 0.3 is 6.03 Å². The third-order valence-corrected chi connectivity index (χ3v) is 10.1. The molecule has 1 atom stereocenters. The molecule has 3 N–H and O–H groups in total. The minimum atomic E-state index is -0.621. The number of fused-ring (bicyclic) bond motifs is 2. The number of rotatable bonds is 11. The first kappa shape index (κ1) is 34.9. The van der Waals surface area contributed by atoms with Crippen LogP contribution in [0.3, 0.4) is 0 Å². The molecule has 2 aliphatic rings. The Hall–Kier alpha value is -5.54. The fourth-order valence-electron chi connectivity index (χ4n) is 7.22. The monoisotopic (exact) mass is 702 g/mol. The van der Waals surface area contributed by atoms with Gasteiger partial charge in [0.05, 0.1) is 28.0 Å². The number of urea groups is 1. The van der Waals surface area contributed by atoms with Crippen LogP contribution in [0.4, 0.5) is 20.7 Å². The number of pyridine rings is 1. The number of hydrogen-bond acceptors (Lipinski definition) is 6. The Labute approximate surface area is 302 Å². The lowest BCUT2D eigenvalue weighted by Crippen LogP contribution is -2.49. The van der Waals surface area contributed by atoms with E-state index >= 15 is 4.39 Å². The maximum absolute atomic E-state index is 15.1. The Morgan fingerprint density at radius 3 is 2.73 bits per heavy atom. The van der Waals surface area contributed by atoms with Crippen molar-refractivity contribution in [3.8, 4) is 11.8 Å². The number of aryl methyl sites for hydroxylation is 2. The number of hydrogen-bond donors (Lipinski definition) is 3. The van der Waals surface area contributed by atoms with E-state index in [1.54, 1.807) is 12.1 Å². The molecule has 0 unspecified atom stereocenters. The van der Waals surface area contributed by atoms with E-state index in [-0.39, 0.29) is 36.0 Å². The second-order valence-corrected chi connectivity index (χ2v) is 13.7. The molecule has 12 heteroatoms. The van der Waals surface area contributed by atoms with Gasteiger partial charge in [-0.1, -0.05) is 43.2 Å². The standard InChI is InChI=1S/C40H43FN8O3/c1-26-30-17-16-28(39(51)44-36-24-31-29(25-42-36)22-32(43-31)33-15-11-19-47(33)2)23-35(30)49(46-26)20-9-7-5-3-4-6-8-12-27-13-10-14-34(38(27)41)48-21-18-37(50)45-40(48)52/h10,13-14,16-17,22-25,33,43H,3-7,9,11,15,18-21H2,1-2H3,(H,42,44,51)(H,45,50,52)/t33-/m1/s1. The number of aromatic nitrogens is 4. The maximum Gasteiger partial charge on any atom is 0.328 e. The van der Waals surface area contributed by atoms with E-state index < -0.39 is 11.8 Å². The van der Waals surface area contributed by atoms with Gasteiger partial charge in [-0.05, 0) is 76.5 Å². The third kappa shape index (κ3) is 7.55. The molecule has 0 aliphatic carbocycles. The lowest BCUT2D eigenvalue weighted by molar-refractivity contribution is -0.120. The molecule has 0 bridgehead atoms. The van der Waals surface area contributed by atoms with E-state index in [1.165, 1.54) is 23.1 Å². The van der Waals surface area contributed by atoms with Crippen LogP contribution in [-0.4, -0.2) is 62.6 Å². The Bertz CT molecular complexity index is 2210. The molecule has 0 saturated carbocycles. The molecule has 2 aliphatic heterocycles. The molecular formula is C40H43FN8O3. The Morgan fingerprint density at radius 1 is 1.06 bits per heavy atom. The van der Waals surface area contributed by atoms with Gasteiger partial charge in [-0.3, -0.25) is 29.4 Å². The van der Waals surface area contributed by atoms with Gasteiger partial charge in [0.1, 0.15) is 5.82 Å². The van der Waals surface area contributed by atoms with Crippen LogP contribution in [0.2, 0.25) is 0 Å². The predicted molar refractivity (Wildman–Crippen MR) is 200 cm³/mol. The molecule has 0 spiro atoms. The average molecular weight is 703 g/mol. The molecule has 2 fully saturated rings. The molecule has 52 heavy (non-hydrogen) atoms. The quantitative estimate of drug-likeness (QED) is 0.0986. The Kier molecular flexibility index (Phi) is 10.3. The van der Waals surface area contributed by atoms with E-state index in [1.807, 2.05) is 42.1 Å². The number of carbonyl (C=O) groups is 3. The minimum absolute atomic E-state index is 0.125. The molecule has 268 valence electrons. The van der Waals surface area contributed by atoms with Crippen LogP contribution in [-0.2, 0) is 11.3 Å². The van der Waals surface area contributed by atoms with Crippen LogP contribution in [0.5, 0.6) is 0 Å². The Balaban J connectivity index is 0.886. The highest BCUT2D eigenvalue weighted by Crippen LogP contribution is 2.32. The summed E-state index contributed by atoms with van der Waals surface area (Å²) in [6.45, 7) is 3.97. The van der Waals surface area contributed by atoms with Crippen molar-refractivity contribution < 1.29 is 18.8 Å². The zero-order chi connectivity index (χ0) is 36.2. The van der Waals surface area contributed by atoms with Gasteiger partial charge in [0.2, 0.25) is 5.91 Å². The van der Waals surface area contributed by atoms with E-state index in [4.69, 9.17) is 5.10 Å². The number of nitrogens with zero attached hydrogens (tertiary/aromatic N) is 5. The lowest BCUT2D eigenvalue weighted by atomic mass is 10.1. The smallest absolute Gasteiger partial charge is 0.328 e. The molecule has 0 radical (unpaired) electrons. The zero-order valence-electron chi connectivity index (χ0n) is 29.6. The number of aromatic amines is 1. The van der Waals surface area contributed by atoms with Crippen LogP contribution in [0.25, 0.3) is 21.8 Å². The first-order valence-electron chi connectivity index (χ1n) is 18.1. The van der Waals surface area contributed by atoms with Gasteiger partial charge in [-0.25, -0.2) is 14.2 Å². The summed E-state index contributed by atoms with van der Waals surface area (Å²) in [6.07, 6.45) is 9.82. The number of H-pyrrole nitrogens is 1. The summed E-state index contributed by atoms with van der Waals surface area (Å²) in [4.78, 5) is 48.6. The summed E-state index contributed by atoms with van der Waals surface area (Å²) in [6, 6.07) is 14.3. The van der Waals surface area contributed by atoms with Gasteiger partial charge in [-0.15, -0.1) is 0 Å². The molecule has 5 heterocycles. The molecule has 2 aromatic carbocycles. The number of likely N-dealkylation sites (tertiary alicyclic amines) is 1. The first-order chi connectivity index (χ1) is 25.2. The van der Waals surface area contributed by atoms with E-state index in [0.29, 0.717) is 23.8 Å². The largest absolute Gasteiger partial charge is 0.357 e. The van der Waals surface area contributed by atoms with Gasteiger partial charge in [0, 0.05) is 66.3 Å². The number of amides is 4.